The predicted molar refractivity (Wildman–Crippen MR) is 137 cm³/mol. The molecule has 0 spiro atoms. The maximum absolute atomic E-state index is 13.3. The SMILES string of the molecule is CCN(C)C(=O)c1csc(COc2ccc3c(c2)C(c2ccccc2)N(C(=O)c2ccco2)CC3)n1. The number of thiazole rings is 1. The van der Waals surface area contributed by atoms with Crippen molar-refractivity contribution in [3.8, 4) is 5.75 Å². The molecule has 2 amide bonds. The van der Waals surface area contributed by atoms with Crippen LogP contribution in [-0.4, -0.2) is 46.7 Å². The first kappa shape index (κ1) is 23.8. The van der Waals surface area contributed by atoms with Gasteiger partial charge in [-0.05, 0) is 54.3 Å². The maximum Gasteiger partial charge on any atom is 0.290 e. The number of hydrogen-bond donors (Lipinski definition) is 0. The van der Waals surface area contributed by atoms with Gasteiger partial charge in [0.25, 0.3) is 11.8 Å². The minimum atomic E-state index is -0.259. The normalized spacial score (nSPS) is 14.8. The van der Waals surface area contributed by atoms with E-state index in [1.54, 1.807) is 29.5 Å². The van der Waals surface area contributed by atoms with E-state index >= 15 is 0 Å². The summed E-state index contributed by atoms with van der Waals surface area (Å²) in [5, 5.41) is 2.50. The van der Waals surface area contributed by atoms with E-state index in [-0.39, 0.29) is 24.5 Å². The van der Waals surface area contributed by atoms with Gasteiger partial charge in [-0.3, -0.25) is 9.59 Å². The van der Waals surface area contributed by atoms with Gasteiger partial charge in [0.1, 0.15) is 23.1 Å². The third-order valence-corrected chi connectivity index (χ3v) is 7.23. The van der Waals surface area contributed by atoms with E-state index in [9.17, 15) is 9.59 Å². The van der Waals surface area contributed by atoms with E-state index in [1.807, 2.05) is 54.3 Å². The molecule has 36 heavy (non-hydrogen) atoms. The number of furan rings is 1. The molecule has 1 aliphatic heterocycles. The zero-order valence-corrected chi connectivity index (χ0v) is 21.0. The second-order valence-electron chi connectivity index (χ2n) is 8.63. The Labute approximate surface area is 213 Å². The quantitative estimate of drug-likeness (QED) is 0.348. The van der Waals surface area contributed by atoms with Crippen LogP contribution in [0.5, 0.6) is 5.75 Å². The summed E-state index contributed by atoms with van der Waals surface area (Å²) >= 11 is 1.41. The van der Waals surface area contributed by atoms with Crippen molar-refractivity contribution in [1.29, 1.82) is 0 Å². The average molecular weight is 502 g/mol. The van der Waals surface area contributed by atoms with Gasteiger partial charge in [-0.2, -0.15) is 0 Å². The fourth-order valence-electron chi connectivity index (χ4n) is 4.40. The van der Waals surface area contributed by atoms with E-state index in [0.29, 0.717) is 30.3 Å². The van der Waals surface area contributed by atoms with Gasteiger partial charge < -0.3 is 19.0 Å². The number of rotatable bonds is 7. The Bertz CT molecular complexity index is 1350. The molecule has 2 aromatic carbocycles. The fourth-order valence-corrected chi connectivity index (χ4v) is 5.08. The molecule has 0 N–H and O–H groups in total. The second kappa shape index (κ2) is 10.4. The van der Waals surface area contributed by atoms with Crippen LogP contribution in [0.4, 0.5) is 0 Å². The Morgan fingerprint density at radius 3 is 2.75 bits per heavy atom. The molecule has 7 nitrogen and oxygen atoms in total. The van der Waals surface area contributed by atoms with Crippen molar-refractivity contribution < 1.29 is 18.7 Å². The molecule has 184 valence electrons. The summed E-state index contributed by atoms with van der Waals surface area (Å²) in [6.45, 7) is 3.40. The highest BCUT2D eigenvalue weighted by Crippen LogP contribution is 2.38. The van der Waals surface area contributed by atoms with E-state index in [4.69, 9.17) is 9.15 Å². The lowest BCUT2D eigenvalue weighted by Crippen LogP contribution is -2.40. The number of aromatic nitrogens is 1. The molecule has 2 aromatic heterocycles. The van der Waals surface area contributed by atoms with Gasteiger partial charge in [-0.25, -0.2) is 4.98 Å². The molecule has 1 atom stereocenters. The molecule has 1 aliphatic rings. The molecule has 0 aliphatic carbocycles. The number of benzene rings is 2. The Balaban J connectivity index is 1.41. The third-order valence-electron chi connectivity index (χ3n) is 6.41. The molecular weight excluding hydrogens is 474 g/mol. The lowest BCUT2D eigenvalue weighted by atomic mass is 9.87. The van der Waals surface area contributed by atoms with Crippen LogP contribution in [-0.2, 0) is 13.0 Å². The molecule has 0 radical (unpaired) electrons. The Morgan fingerprint density at radius 1 is 1.17 bits per heavy atom. The van der Waals surface area contributed by atoms with Crippen molar-refractivity contribution in [3.63, 3.8) is 0 Å². The Kier molecular flexibility index (Phi) is 6.86. The highest BCUT2D eigenvalue weighted by Gasteiger charge is 2.34. The highest BCUT2D eigenvalue weighted by atomic mass is 32.1. The van der Waals surface area contributed by atoms with Crippen LogP contribution in [0.2, 0.25) is 0 Å². The highest BCUT2D eigenvalue weighted by molar-refractivity contribution is 7.09. The summed E-state index contributed by atoms with van der Waals surface area (Å²) in [5.41, 5.74) is 3.68. The molecule has 8 heteroatoms. The topological polar surface area (TPSA) is 75.9 Å². The van der Waals surface area contributed by atoms with Gasteiger partial charge in [0.15, 0.2) is 5.76 Å². The largest absolute Gasteiger partial charge is 0.486 e. The van der Waals surface area contributed by atoms with Crippen LogP contribution < -0.4 is 4.74 Å². The first-order valence-corrected chi connectivity index (χ1v) is 12.8. The van der Waals surface area contributed by atoms with E-state index in [2.05, 4.69) is 11.1 Å². The summed E-state index contributed by atoms with van der Waals surface area (Å²) in [5.74, 6) is 0.786. The molecule has 0 bridgehead atoms. The molecule has 0 fully saturated rings. The minimum absolute atomic E-state index is 0.0965. The van der Waals surface area contributed by atoms with Gasteiger partial charge in [0.05, 0.1) is 12.3 Å². The van der Waals surface area contributed by atoms with E-state index in [0.717, 1.165) is 22.6 Å². The summed E-state index contributed by atoms with van der Waals surface area (Å²) < 4.78 is 11.5. The van der Waals surface area contributed by atoms with Crippen LogP contribution >= 0.6 is 11.3 Å². The molecule has 3 heterocycles. The average Bonchev–Trinajstić information content (AvgIpc) is 3.63. The summed E-state index contributed by atoms with van der Waals surface area (Å²) in [6, 6.07) is 19.2. The van der Waals surface area contributed by atoms with Crippen molar-refractivity contribution >= 4 is 23.2 Å². The van der Waals surface area contributed by atoms with Crippen LogP contribution in [0.1, 0.15) is 55.7 Å². The number of amides is 2. The van der Waals surface area contributed by atoms with Crippen LogP contribution in [0.3, 0.4) is 0 Å². The van der Waals surface area contributed by atoms with Gasteiger partial charge in [0.2, 0.25) is 0 Å². The van der Waals surface area contributed by atoms with Gasteiger partial charge in [-0.1, -0.05) is 36.4 Å². The molecule has 0 saturated heterocycles. The van der Waals surface area contributed by atoms with E-state index < -0.39 is 0 Å². The molecule has 1 unspecified atom stereocenters. The summed E-state index contributed by atoms with van der Waals surface area (Å²) in [7, 11) is 1.76. The van der Waals surface area contributed by atoms with Crippen molar-refractivity contribution in [3.05, 3.63) is 105 Å². The van der Waals surface area contributed by atoms with Crippen molar-refractivity contribution in [2.24, 2.45) is 0 Å². The number of carbonyl (C=O) groups is 2. The maximum atomic E-state index is 13.3. The number of ether oxygens (including phenoxy) is 1. The number of carbonyl (C=O) groups excluding carboxylic acids is 2. The second-order valence-corrected chi connectivity index (χ2v) is 9.58. The number of hydrogen-bond acceptors (Lipinski definition) is 6. The van der Waals surface area contributed by atoms with Crippen molar-refractivity contribution in [1.82, 2.24) is 14.8 Å². The standard InChI is InChI=1S/C28H27N3O4S/c1-3-30(2)27(32)23-18-36-25(29-23)17-35-21-12-11-19-13-14-31(28(33)24-10-7-15-34-24)26(22(19)16-21)20-8-5-4-6-9-20/h4-12,15-16,18,26H,3,13-14,17H2,1-2H3. The lowest BCUT2D eigenvalue weighted by Gasteiger charge is -2.37. The van der Waals surface area contributed by atoms with Crippen LogP contribution in [0.15, 0.2) is 76.7 Å². The lowest BCUT2D eigenvalue weighted by molar-refractivity contribution is 0.0661. The van der Waals surface area contributed by atoms with Crippen LogP contribution in [0, 0.1) is 0 Å². The predicted octanol–water partition coefficient (Wildman–Crippen LogP) is 5.19. The van der Waals surface area contributed by atoms with Gasteiger partial charge in [-0.15, -0.1) is 11.3 Å². The molecular formula is C28H27N3O4S. The first-order valence-electron chi connectivity index (χ1n) is 11.9. The molecule has 5 rings (SSSR count). The zero-order chi connectivity index (χ0) is 25.1. The first-order chi connectivity index (χ1) is 17.5. The van der Waals surface area contributed by atoms with Gasteiger partial charge in [0, 0.05) is 25.5 Å². The summed E-state index contributed by atoms with van der Waals surface area (Å²) in [4.78, 5) is 33.6. The molecule has 4 aromatic rings. The van der Waals surface area contributed by atoms with E-state index in [1.165, 1.54) is 23.2 Å². The minimum Gasteiger partial charge on any atom is -0.486 e. The fraction of sp³-hybridized carbons (Fsp3) is 0.250. The van der Waals surface area contributed by atoms with Gasteiger partial charge >= 0.3 is 0 Å². The van der Waals surface area contributed by atoms with Crippen molar-refractivity contribution in [2.45, 2.75) is 26.0 Å². The third kappa shape index (κ3) is 4.77. The summed E-state index contributed by atoms with van der Waals surface area (Å²) in [6.07, 6.45) is 2.26. The molecule has 0 saturated carbocycles. The Morgan fingerprint density at radius 2 is 2.00 bits per heavy atom. The van der Waals surface area contributed by atoms with Crippen molar-refractivity contribution in [2.75, 3.05) is 20.1 Å². The number of fused-ring (bicyclic) bond motifs is 1. The van der Waals surface area contributed by atoms with Crippen LogP contribution in [0.25, 0.3) is 0 Å². The zero-order valence-electron chi connectivity index (χ0n) is 20.2. The smallest absolute Gasteiger partial charge is 0.290 e. The monoisotopic (exact) mass is 501 g/mol. The Hall–Kier alpha value is -3.91. The number of nitrogens with zero attached hydrogens (tertiary/aromatic N) is 3.